The lowest BCUT2D eigenvalue weighted by molar-refractivity contribution is -0.136. The van der Waals surface area contributed by atoms with Crippen molar-refractivity contribution in [3.63, 3.8) is 0 Å². The van der Waals surface area contributed by atoms with Gasteiger partial charge in [0.25, 0.3) is 23.6 Å². The molecule has 1 unspecified atom stereocenters. The monoisotopic (exact) mass is 757 g/mol. The molecule has 1 atom stereocenters. The zero-order chi connectivity index (χ0) is 39.3. The lowest BCUT2D eigenvalue weighted by atomic mass is 10.0. The number of fused-ring (bicyclic) bond motifs is 1. The van der Waals surface area contributed by atoms with Crippen LogP contribution in [0.3, 0.4) is 0 Å². The molecule has 4 heterocycles. The number of carbonyl (C=O) groups excluding carboxylic acids is 7. The van der Waals surface area contributed by atoms with Gasteiger partial charge in [0.2, 0.25) is 17.7 Å². The highest BCUT2D eigenvalue weighted by molar-refractivity contribution is 6.26. The number of unbranched alkanes of at least 4 members (excludes halogenated alkanes) is 1. The van der Waals surface area contributed by atoms with Gasteiger partial charge in [0, 0.05) is 55.8 Å². The van der Waals surface area contributed by atoms with E-state index in [1.165, 1.54) is 12.3 Å². The normalized spacial score (nSPS) is 17.0. The van der Waals surface area contributed by atoms with Gasteiger partial charge in [-0.25, -0.2) is 9.97 Å². The molecule has 3 aliphatic heterocycles. The van der Waals surface area contributed by atoms with Crippen molar-refractivity contribution >= 4 is 58.5 Å². The Morgan fingerprint density at radius 2 is 1.59 bits per heavy atom. The highest BCUT2D eigenvalue weighted by atomic mass is 16.2. The number of nitrogen functional groups attached to an aromatic ring is 1. The van der Waals surface area contributed by atoms with E-state index < -0.39 is 35.6 Å². The third-order valence-corrected chi connectivity index (χ3v) is 10.0. The van der Waals surface area contributed by atoms with Gasteiger partial charge in [-0.2, -0.15) is 0 Å². The number of hydrogen-bond donors (Lipinski definition) is 4. The molecular weight excluding hydrogens is 718 g/mol. The largest absolute Gasteiger partial charge is 0.382 e. The first-order valence-corrected chi connectivity index (χ1v) is 18.3. The number of anilines is 3. The fourth-order valence-corrected chi connectivity index (χ4v) is 7.01. The fraction of sp³-hybridized carbons (Fsp3) is 0.275. The van der Waals surface area contributed by atoms with E-state index in [9.17, 15) is 33.6 Å². The zero-order valence-electron chi connectivity index (χ0n) is 30.3. The Labute approximate surface area is 321 Å². The maximum atomic E-state index is 13.3. The molecular formula is C40H39N9O7. The van der Waals surface area contributed by atoms with E-state index in [4.69, 9.17) is 5.73 Å². The summed E-state index contributed by atoms with van der Waals surface area (Å²) in [5.74, 6) is -3.35. The first-order chi connectivity index (χ1) is 27.1. The standard InChI is InChI=1S/C40H39N9O7/c41-35-34(37(53)43-26-7-2-1-3-8-26)45-29(23-42-35)24-12-14-25(15-13-24)38(54)48-21-19-47(20-22-48)18-5-4-11-31(50)44-28-10-6-9-27-33(28)40(56)49(39(27)55)30-16-17-32(51)46-36(30)52/h1-3,6-10,12-15,23,30H,4-5,11,16-22H2,(H2,41,42)(H,43,53)(H,44,50)(H,46,51,52). The van der Waals surface area contributed by atoms with Crippen LogP contribution in [0.2, 0.25) is 0 Å². The van der Waals surface area contributed by atoms with E-state index in [1.54, 1.807) is 65.6 Å². The number of piperazine rings is 1. The average Bonchev–Trinajstić information content (AvgIpc) is 3.46. The Morgan fingerprint density at radius 1 is 0.839 bits per heavy atom. The number of rotatable bonds is 11. The number of amides is 7. The van der Waals surface area contributed by atoms with Crippen molar-refractivity contribution in [2.75, 3.05) is 49.1 Å². The summed E-state index contributed by atoms with van der Waals surface area (Å²) in [7, 11) is 0. The van der Waals surface area contributed by atoms with Gasteiger partial charge < -0.3 is 21.3 Å². The van der Waals surface area contributed by atoms with Gasteiger partial charge in [0.15, 0.2) is 11.5 Å². The predicted molar refractivity (Wildman–Crippen MR) is 204 cm³/mol. The van der Waals surface area contributed by atoms with Crippen LogP contribution in [0.1, 0.15) is 73.7 Å². The molecule has 0 saturated carbocycles. The van der Waals surface area contributed by atoms with Crippen LogP contribution < -0.4 is 21.7 Å². The Hall–Kier alpha value is -6.81. The first-order valence-electron chi connectivity index (χ1n) is 18.3. The Bertz CT molecular complexity index is 2220. The molecule has 0 spiro atoms. The Kier molecular flexibility index (Phi) is 10.9. The van der Waals surface area contributed by atoms with Crippen LogP contribution in [-0.2, 0) is 14.4 Å². The highest BCUT2D eigenvalue weighted by Gasteiger charge is 2.45. The highest BCUT2D eigenvalue weighted by Crippen LogP contribution is 2.32. The Morgan fingerprint density at radius 3 is 2.32 bits per heavy atom. The molecule has 16 heteroatoms. The Balaban J connectivity index is 0.853. The van der Waals surface area contributed by atoms with Gasteiger partial charge in [0.1, 0.15) is 6.04 Å². The van der Waals surface area contributed by atoms with Crippen molar-refractivity contribution in [2.45, 2.75) is 38.1 Å². The maximum absolute atomic E-state index is 13.3. The van der Waals surface area contributed by atoms with Gasteiger partial charge in [-0.3, -0.25) is 48.7 Å². The molecule has 0 radical (unpaired) electrons. The number of imide groups is 2. The number of nitrogens with zero attached hydrogens (tertiary/aromatic N) is 5. The van der Waals surface area contributed by atoms with E-state index in [1.807, 2.05) is 6.07 Å². The quantitative estimate of drug-likeness (QED) is 0.129. The molecule has 3 aromatic carbocycles. The summed E-state index contributed by atoms with van der Waals surface area (Å²) in [6.07, 6.45) is 3.06. The van der Waals surface area contributed by atoms with Crippen molar-refractivity contribution in [1.82, 2.24) is 30.0 Å². The lowest BCUT2D eigenvalue weighted by Gasteiger charge is -2.34. The second-order valence-corrected chi connectivity index (χ2v) is 13.7. The van der Waals surface area contributed by atoms with Crippen LogP contribution >= 0.6 is 0 Å². The number of nitrogens with one attached hydrogen (secondary N) is 3. The van der Waals surface area contributed by atoms with Crippen LogP contribution in [0.4, 0.5) is 17.2 Å². The molecule has 3 aliphatic rings. The van der Waals surface area contributed by atoms with E-state index in [-0.39, 0.29) is 59.4 Å². The van der Waals surface area contributed by atoms with Crippen molar-refractivity contribution in [3.8, 4) is 11.3 Å². The molecule has 2 saturated heterocycles. The van der Waals surface area contributed by atoms with Crippen LogP contribution in [0.15, 0.2) is 79.0 Å². The van der Waals surface area contributed by atoms with E-state index in [2.05, 4.69) is 30.8 Å². The van der Waals surface area contributed by atoms with Crippen LogP contribution in [0.5, 0.6) is 0 Å². The predicted octanol–water partition coefficient (Wildman–Crippen LogP) is 2.95. The molecule has 7 amide bonds. The topological polar surface area (TPSA) is 217 Å². The average molecular weight is 758 g/mol. The van der Waals surface area contributed by atoms with Gasteiger partial charge >= 0.3 is 0 Å². The molecule has 0 bridgehead atoms. The van der Waals surface area contributed by atoms with Crippen LogP contribution in [-0.4, -0.2) is 105 Å². The second kappa shape index (κ2) is 16.3. The first kappa shape index (κ1) is 37.5. The minimum Gasteiger partial charge on any atom is -0.382 e. The molecule has 5 N–H and O–H groups in total. The van der Waals surface area contributed by atoms with Gasteiger partial charge in [-0.15, -0.1) is 0 Å². The molecule has 16 nitrogen and oxygen atoms in total. The molecule has 286 valence electrons. The van der Waals surface area contributed by atoms with E-state index >= 15 is 0 Å². The third-order valence-electron chi connectivity index (χ3n) is 10.0. The molecule has 1 aromatic heterocycles. The van der Waals surface area contributed by atoms with E-state index in [0.717, 1.165) is 17.9 Å². The summed E-state index contributed by atoms with van der Waals surface area (Å²) in [6, 6.07) is 19.4. The number of aromatic nitrogens is 2. The van der Waals surface area contributed by atoms with Crippen LogP contribution in [0, 0.1) is 0 Å². The zero-order valence-corrected chi connectivity index (χ0v) is 30.3. The number of benzene rings is 3. The summed E-state index contributed by atoms with van der Waals surface area (Å²) in [5.41, 5.74) is 8.54. The summed E-state index contributed by atoms with van der Waals surface area (Å²) in [5, 5.41) is 7.69. The van der Waals surface area contributed by atoms with Crippen molar-refractivity contribution in [1.29, 1.82) is 0 Å². The molecule has 7 rings (SSSR count). The number of carbonyl (C=O) groups is 7. The summed E-state index contributed by atoms with van der Waals surface area (Å²) < 4.78 is 0. The third kappa shape index (κ3) is 8.00. The van der Waals surface area contributed by atoms with Crippen molar-refractivity contribution in [3.05, 3.63) is 101 Å². The smallest absolute Gasteiger partial charge is 0.278 e. The number of nitrogens with two attached hydrogens (primary N) is 1. The molecule has 56 heavy (non-hydrogen) atoms. The lowest BCUT2D eigenvalue weighted by Crippen LogP contribution is -2.54. The molecule has 4 aromatic rings. The van der Waals surface area contributed by atoms with Gasteiger partial charge in [-0.05, 0) is 62.2 Å². The van der Waals surface area contributed by atoms with Gasteiger partial charge in [-0.1, -0.05) is 36.4 Å². The number of hydrogen-bond acceptors (Lipinski definition) is 11. The SMILES string of the molecule is Nc1ncc(-c2ccc(C(=O)N3CCN(CCCCC(=O)Nc4cccc5c4C(=O)N(C4CCC(=O)NC4=O)C5=O)CC3)cc2)nc1C(=O)Nc1ccccc1. The summed E-state index contributed by atoms with van der Waals surface area (Å²) in [6.45, 7) is 3.20. The molecule has 0 aliphatic carbocycles. The van der Waals surface area contributed by atoms with Crippen molar-refractivity contribution in [2.24, 2.45) is 0 Å². The van der Waals surface area contributed by atoms with E-state index in [0.29, 0.717) is 55.1 Å². The number of piperidine rings is 1. The summed E-state index contributed by atoms with van der Waals surface area (Å²) in [4.78, 5) is 103. The molecule has 2 fully saturated rings. The van der Waals surface area contributed by atoms with Gasteiger partial charge in [0.05, 0.1) is 28.7 Å². The number of para-hydroxylation sites is 1. The van der Waals surface area contributed by atoms with Crippen molar-refractivity contribution < 1.29 is 33.6 Å². The second-order valence-electron chi connectivity index (χ2n) is 13.7. The minimum atomic E-state index is -1.09. The maximum Gasteiger partial charge on any atom is 0.278 e. The fourth-order valence-electron chi connectivity index (χ4n) is 7.01. The minimum absolute atomic E-state index is 0.000680. The summed E-state index contributed by atoms with van der Waals surface area (Å²) >= 11 is 0. The van der Waals surface area contributed by atoms with Crippen LogP contribution in [0.25, 0.3) is 11.3 Å².